The van der Waals surface area contributed by atoms with Gasteiger partial charge < -0.3 is 14.8 Å². The number of aromatic nitrogens is 2. The van der Waals surface area contributed by atoms with E-state index in [1.165, 1.54) is 47.9 Å². The number of hydrogen-bond acceptors (Lipinski definition) is 7. The highest BCUT2D eigenvalue weighted by atomic mass is 32.1. The summed E-state index contributed by atoms with van der Waals surface area (Å²) in [5, 5.41) is 4.88. The maximum absolute atomic E-state index is 5.53. The molecule has 6 nitrogen and oxygen atoms in total. The normalized spacial score (nSPS) is 18.1. The van der Waals surface area contributed by atoms with E-state index >= 15 is 0 Å². The summed E-state index contributed by atoms with van der Waals surface area (Å²) in [7, 11) is 0. The molecule has 2 aliphatic heterocycles. The minimum atomic E-state index is 0.305. The van der Waals surface area contributed by atoms with Crippen molar-refractivity contribution in [1.82, 2.24) is 14.9 Å². The van der Waals surface area contributed by atoms with E-state index in [9.17, 15) is 0 Å². The highest BCUT2D eigenvalue weighted by molar-refractivity contribution is 7.19. The van der Waals surface area contributed by atoms with E-state index in [1.807, 2.05) is 17.4 Å². The predicted octanol–water partition coefficient (Wildman–Crippen LogP) is 4.51. The summed E-state index contributed by atoms with van der Waals surface area (Å²) in [5.74, 6) is 3.58. The van der Waals surface area contributed by atoms with Crippen LogP contribution in [0.25, 0.3) is 10.2 Å². The summed E-state index contributed by atoms with van der Waals surface area (Å²) in [4.78, 5) is 15.1. The molecule has 3 aromatic rings. The van der Waals surface area contributed by atoms with Crippen LogP contribution in [0, 0.1) is 0 Å². The number of likely N-dealkylation sites (tertiary alicyclic amines) is 1. The topological polar surface area (TPSA) is 59.5 Å². The van der Waals surface area contributed by atoms with Gasteiger partial charge in [0.15, 0.2) is 11.5 Å². The molecule has 0 atom stereocenters. The van der Waals surface area contributed by atoms with Gasteiger partial charge in [-0.3, -0.25) is 4.90 Å². The zero-order chi connectivity index (χ0) is 19.9. The lowest BCUT2D eigenvalue weighted by Crippen LogP contribution is -2.30. The van der Waals surface area contributed by atoms with Crippen molar-refractivity contribution in [2.45, 2.75) is 51.6 Å². The van der Waals surface area contributed by atoms with Gasteiger partial charge in [0.2, 0.25) is 6.79 Å². The summed E-state index contributed by atoms with van der Waals surface area (Å²) in [6.07, 6.45) is 7.47. The Labute approximate surface area is 180 Å². The fourth-order valence-electron chi connectivity index (χ4n) is 4.79. The maximum Gasteiger partial charge on any atom is 0.231 e. The number of aryl methyl sites for hydroxylation is 2. The molecule has 0 spiro atoms. The minimum Gasteiger partial charge on any atom is -0.454 e. The molecule has 4 heterocycles. The Morgan fingerprint density at radius 2 is 1.90 bits per heavy atom. The van der Waals surface area contributed by atoms with Gasteiger partial charge in [-0.1, -0.05) is 12.5 Å². The van der Waals surface area contributed by atoms with E-state index in [2.05, 4.69) is 22.3 Å². The van der Waals surface area contributed by atoms with Crippen LogP contribution in [0.2, 0.25) is 0 Å². The molecule has 1 fully saturated rings. The van der Waals surface area contributed by atoms with Crippen molar-refractivity contribution in [3.63, 3.8) is 0 Å². The average molecular weight is 423 g/mol. The second-order valence-corrected chi connectivity index (χ2v) is 9.49. The number of piperidine rings is 1. The maximum atomic E-state index is 5.53. The molecule has 1 N–H and O–H groups in total. The van der Waals surface area contributed by atoms with E-state index in [0.29, 0.717) is 13.3 Å². The number of rotatable bonds is 5. The largest absolute Gasteiger partial charge is 0.454 e. The molecule has 1 aliphatic carbocycles. The van der Waals surface area contributed by atoms with Gasteiger partial charge in [-0.25, -0.2) is 9.97 Å². The lowest BCUT2D eigenvalue weighted by Gasteiger charge is -2.25. The lowest BCUT2D eigenvalue weighted by atomic mass is 10.1. The lowest BCUT2D eigenvalue weighted by molar-refractivity contribution is 0.174. The van der Waals surface area contributed by atoms with Crippen LogP contribution in [0.3, 0.4) is 0 Å². The molecule has 2 aromatic heterocycles. The molecule has 6 rings (SSSR count). The third-order valence-electron chi connectivity index (χ3n) is 6.32. The average Bonchev–Trinajstić information content (AvgIpc) is 3.48. The first-order valence-corrected chi connectivity index (χ1v) is 11.8. The first-order valence-electron chi connectivity index (χ1n) is 11.0. The Balaban J connectivity index is 1.31. The number of nitrogens with zero attached hydrogens (tertiary/aromatic N) is 3. The van der Waals surface area contributed by atoms with Crippen LogP contribution in [0.15, 0.2) is 18.2 Å². The van der Waals surface area contributed by atoms with Gasteiger partial charge in [-0.2, -0.15) is 0 Å². The number of thiophene rings is 1. The standard InChI is InChI=1S/C23H26N4O2S/c1-2-9-27(10-3-1)13-20-25-22(21-16-5-4-6-19(16)30-23(21)26-20)24-12-15-7-8-17-18(11-15)29-14-28-17/h7-8,11H,1-6,9-10,12-14H2,(H,24,25,26). The van der Waals surface area contributed by atoms with Crippen molar-refractivity contribution in [2.75, 3.05) is 25.2 Å². The van der Waals surface area contributed by atoms with Gasteiger partial charge in [0.25, 0.3) is 0 Å². The molecule has 30 heavy (non-hydrogen) atoms. The van der Waals surface area contributed by atoms with Crippen molar-refractivity contribution < 1.29 is 9.47 Å². The Hall–Kier alpha value is -2.38. The van der Waals surface area contributed by atoms with Crippen LogP contribution in [0.1, 0.15) is 47.5 Å². The quantitative estimate of drug-likeness (QED) is 0.653. The Bertz CT molecular complexity index is 1090. The highest BCUT2D eigenvalue weighted by Crippen LogP contribution is 2.40. The number of benzene rings is 1. The van der Waals surface area contributed by atoms with Gasteiger partial charge >= 0.3 is 0 Å². The Morgan fingerprint density at radius 1 is 1.00 bits per heavy atom. The van der Waals surface area contributed by atoms with Crippen molar-refractivity contribution in [2.24, 2.45) is 0 Å². The van der Waals surface area contributed by atoms with Crippen LogP contribution in [-0.2, 0) is 25.9 Å². The molecule has 0 amide bonds. The number of nitrogens with one attached hydrogen (secondary N) is 1. The third kappa shape index (κ3) is 3.40. The molecule has 0 saturated carbocycles. The molecule has 0 unspecified atom stereocenters. The number of ether oxygens (including phenoxy) is 2. The van der Waals surface area contributed by atoms with E-state index in [0.717, 1.165) is 59.6 Å². The zero-order valence-corrected chi connectivity index (χ0v) is 17.9. The minimum absolute atomic E-state index is 0.305. The van der Waals surface area contributed by atoms with Crippen LogP contribution in [-0.4, -0.2) is 34.8 Å². The molecule has 3 aliphatic rings. The van der Waals surface area contributed by atoms with E-state index in [-0.39, 0.29) is 0 Å². The molecule has 0 radical (unpaired) electrons. The van der Waals surface area contributed by atoms with Crippen molar-refractivity contribution in [3.05, 3.63) is 40.0 Å². The summed E-state index contributed by atoms with van der Waals surface area (Å²) >= 11 is 1.87. The van der Waals surface area contributed by atoms with Gasteiger partial charge in [0, 0.05) is 11.4 Å². The number of anilines is 1. The smallest absolute Gasteiger partial charge is 0.231 e. The fourth-order valence-corrected chi connectivity index (χ4v) is 6.07. The van der Waals surface area contributed by atoms with Gasteiger partial charge in [-0.15, -0.1) is 11.3 Å². The summed E-state index contributed by atoms with van der Waals surface area (Å²) in [6, 6.07) is 6.13. The van der Waals surface area contributed by atoms with E-state index in [1.54, 1.807) is 0 Å². The second-order valence-electron chi connectivity index (χ2n) is 8.40. The predicted molar refractivity (Wildman–Crippen MR) is 118 cm³/mol. The highest BCUT2D eigenvalue weighted by Gasteiger charge is 2.23. The summed E-state index contributed by atoms with van der Waals surface area (Å²) in [6.45, 7) is 4.16. The van der Waals surface area contributed by atoms with Gasteiger partial charge in [-0.05, 0) is 68.5 Å². The van der Waals surface area contributed by atoms with Crippen molar-refractivity contribution in [3.8, 4) is 11.5 Å². The van der Waals surface area contributed by atoms with E-state index < -0.39 is 0 Å². The first kappa shape index (κ1) is 18.4. The zero-order valence-electron chi connectivity index (χ0n) is 17.1. The van der Waals surface area contributed by atoms with E-state index in [4.69, 9.17) is 19.4 Å². The monoisotopic (exact) mass is 422 g/mol. The Kier molecular flexibility index (Phi) is 4.72. The molecular weight excluding hydrogens is 396 g/mol. The SMILES string of the molecule is c1cc2c(cc1CNc1nc(CN3CCCCC3)nc3sc4c(c13)CCC4)OCO2. The molecule has 0 bridgehead atoms. The first-order chi connectivity index (χ1) is 14.8. The van der Waals surface area contributed by atoms with Crippen molar-refractivity contribution in [1.29, 1.82) is 0 Å². The molecule has 1 aromatic carbocycles. The third-order valence-corrected chi connectivity index (χ3v) is 7.51. The molecule has 156 valence electrons. The van der Waals surface area contributed by atoms with Gasteiger partial charge in [0.05, 0.1) is 11.9 Å². The summed E-state index contributed by atoms with van der Waals surface area (Å²) in [5.41, 5.74) is 2.63. The van der Waals surface area contributed by atoms with Crippen LogP contribution in [0.4, 0.5) is 5.82 Å². The van der Waals surface area contributed by atoms with Crippen molar-refractivity contribution >= 4 is 27.4 Å². The summed E-state index contributed by atoms with van der Waals surface area (Å²) < 4.78 is 11.0. The fraction of sp³-hybridized carbons (Fsp3) is 0.478. The molecular formula is C23H26N4O2S. The van der Waals surface area contributed by atoms with Crippen LogP contribution in [0.5, 0.6) is 11.5 Å². The molecule has 7 heteroatoms. The van der Waals surface area contributed by atoms with Crippen LogP contribution >= 0.6 is 11.3 Å². The Morgan fingerprint density at radius 3 is 2.83 bits per heavy atom. The molecule has 1 saturated heterocycles. The second kappa shape index (κ2) is 7.71. The number of fused-ring (bicyclic) bond motifs is 4. The van der Waals surface area contributed by atoms with Gasteiger partial charge in [0.1, 0.15) is 16.5 Å². The van der Waals surface area contributed by atoms with Crippen LogP contribution < -0.4 is 14.8 Å². The number of hydrogen-bond donors (Lipinski definition) is 1.